The number of aliphatic hydroxyl groups excluding tert-OH is 2. The molecule has 0 fully saturated rings. The zero-order valence-corrected chi connectivity index (χ0v) is 10.7. The van der Waals surface area contributed by atoms with Crippen LogP contribution in [0.1, 0.15) is 28.7 Å². The molecule has 108 valence electrons. The van der Waals surface area contributed by atoms with Gasteiger partial charge in [-0.05, 0) is 12.0 Å². The zero-order chi connectivity index (χ0) is 15.1. The van der Waals surface area contributed by atoms with Gasteiger partial charge in [0.05, 0.1) is 25.1 Å². The number of anilines is 1. The molecule has 0 radical (unpaired) electrons. The average molecular weight is 282 g/mol. The van der Waals surface area contributed by atoms with Crippen molar-refractivity contribution in [1.29, 1.82) is 0 Å². The molecule has 10 heteroatoms. The van der Waals surface area contributed by atoms with Gasteiger partial charge in [-0.1, -0.05) is 5.11 Å². The number of carbonyl (C=O) groups excluding carboxylic acids is 1. The van der Waals surface area contributed by atoms with E-state index >= 15 is 0 Å². The predicted molar refractivity (Wildman–Crippen MR) is 67.4 cm³/mol. The van der Waals surface area contributed by atoms with Gasteiger partial charge >= 0.3 is 5.97 Å². The minimum atomic E-state index is -1.39. The van der Waals surface area contributed by atoms with Crippen LogP contribution >= 0.6 is 0 Å². The van der Waals surface area contributed by atoms with Crippen molar-refractivity contribution in [1.82, 2.24) is 9.97 Å². The first kappa shape index (κ1) is 15.6. The van der Waals surface area contributed by atoms with Crippen molar-refractivity contribution in [3.63, 3.8) is 0 Å². The van der Waals surface area contributed by atoms with Gasteiger partial charge in [0.15, 0.2) is 11.5 Å². The molecule has 1 heterocycles. The molecule has 0 aliphatic rings. The summed E-state index contributed by atoms with van der Waals surface area (Å²) in [5.41, 5.74) is 13.3. The molecule has 0 aromatic carbocycles. The number of nitrogens with zero attached hydrogens (tertiary/aromatic N) is 5. The Labute approximate surface area is 113 Å². The third kappa shape index (κ3) is 3.79. The summed E-state index contributed by atoms with van der Waals surface area (Å²) in [5.74, 6) is -0.941. The van der Waals surface area contributed by atoms with Crippen LogP contribution in [0.15, 0.2) is 11.3 Å². The predicted octanol–water partition coefficient (Wildman–Crippen LogP) is -0.0599. The molecule has 0 saturated carbocycles. The molecule has 0 bridgehead atoms. The third-order valence-corrected chi connectivity index (χ3v) is 2.45. The Kier molecular flexibility index (Phi) is 5.66. The highest BCUT2D eigenvalue weighted by Crippen LogP contribution is 2.18. The van der Waals surface area contributed by atoms with Gasteiger partial charge in [-0.2, -0.15) is 0 Å². The van der Waals surface area contributed by atoms with E-state index in [1.165, 1.54) is 0 Å². The molecule has 1 aromatic heterocycles. The third-order valence-electron chi connectivity index (χ3n) is 2.45. The van der Waals surface area contributed by atoms with E-state index < -0.39 is 18.2 Å². The number of hydrogen-bond donors (Lipinski definition) is 3. The zero-order valence-electron chi connectivity index (χ0n) is 10.7. The lowest BCUT2D eigenvalue weighted by atomic mass is 10.1. The summed E-state index contributed by atoms with van der Waals surface area (Å²) in [5, 5.41) is 22.8. The van der Waals surface area contributed by atoms with Gasteiger partial charge in [-0.25, -0.2) is 14.8 Å². The molecule has 0 saturated heterocycles. The highest BCUT2D eigenvalue weighted by molar-refractivity contribution is 5.91. The minimum Gasteiger partial charge on any atom is -0.464 e. The highest BCUT2D eigenvalue weighted by atomic mass is 16.5. The van der Waals surface area contributed by atoms with Gasteiger partial charge in [0.25, 0.3) is 0 Å². The van der Waals surface area contributed by atoms with Crippen LogP contribution in [0.5, 0.6) is 0 Å². The number of ether oxygens (including phenoxy) is 1. The van der Waals surface area contributed by atoms with Crippen molar-refractivity contribution in [2.75, 3.05) is 19.4 Å². The van der Waals surface area contributed by atoms with E-state index in [1.54, 1.807) is 0 Å². The monoisotopic (exact) mass is 282 g/mol. The van der Waals surface area contributed by atoms with Crippen LogP contribution in [0, 0.1) is 0 Å². The number of hydrogen-bond acceptors (Lipinski definition) is 8. The lowest BCUT2D eigenvalue weighted by Crippen LogP contribution is -2.22. The fraction of sp³-hybridized carbons (Fsp3) is 0.500. The van der Waals surface area contributed by atoms with Crippen LogP contribution in [-0.2, 0) is 4.74 Å². The topological polar surface area (TPSA) is 167 Å². The number of nitrogen functional groups attached to an aromatic ring is 1. The molecule has 20 heavy (non-hydrogen) atoms. The molecule has 10 nitrogen and oxygen atoms in total. The Balaban J connectivity index is 2.90. The van der Waals surface area contributed by atoms with Gasteiger partial charge in [0.1, 0.15) is 6.10 Å². The summed E-state index contributed by atoms with van der Waals surface area (Å²) in [6.07, 6.45) is -1.43. The van der Waals surface area contributed by atoms with Crippen LogP contribution < -0.4 is 5.73 Å². The van der Waals surface area contributed by atoms with Gasteiger partial charge in [0.2, 0.25) is 0 Å². The average Bonchev–Trinajstić information content (AvgIpc) is 2.46. The summed E-state index contributed by atoms with van der Waals surface area (Å²) >= 11 is 0. The van der Waals surface area contributed by atoms with E-state index in [2.05, 4.69) is 24.7 Å². The molecule has 1 aromatic rings. The normalized spacial score (nSPS) is 13.2. The van der Waals surface area contributed by atoms with Crippen LogP contribution in [-0.4, -0.2) is 45.9 Å². The Morgan fingerprint density at radius 1 is 1.65 bits per heavy atom. The molecule has 2 atom stereocenters. The summed E-state index contributed by atoms with van der Waals surface area (Å²) in [4.78, 5) is 21.4. The lowest BCUT2D eigenvalue weighted by molar-refractivity contribution is 0.0120. The van der Waals surface area contributed by atoms with E-state index in [0.29, 0.717) is 0 Å². The van der Waals surface area contributed by atoms with E-state index in [9.17, 15) is 15.0 Å². The summed E-state index contributed by atoms with van der Waals surface area (Å²) < 4.78 is 4.47. The van der Waals surface area contributed by atoms with Crippen LogP contribution in [0.2, 0.25) is 0 Å². The summed E-state index contributed by atoms with van der Waals surface area (Å²) in [7, 11) is 1.15. The number of methoxy groups -OCH3 is 1. The fourth-order valence-corrected chi connectivity index (χ4v) is 1.39. The Bertz CT molecular complexity index is 530. The Hall–Kier alpha value is -2.42. The smallest absolute Gasteiger partial charge is 0.360 e. The molecule has 0 aliphatic carbocycles. The van der Waals surface area contributed by atoms with Crippen LogP contribution in [0.4, 0.5) is 5.82 Å². The Morgan fingerprint density at radius 2 is 2.35 bits per heavy atom. The second-order valence-corrected chi connectivity index (χ2v) is 3.78. The molecule has 1 rings (SSSR count). The maximum absolute atomic E-state index is 11.4. The largest absolute Gasteiger partial charge is 0.464 e. The maximum atomic E-state index is 11.4. The minimum absolute atomic E-state index is 0.0149. The number of rotatable bonds is 6. The molecular formula is C10H14N6O4. The second-order valence-electron chi connectivity index (χ2n) is 3.78. The van der Waals surface area contributed by atoms with E-state index in [-0.39, 0.29) is 30.2 Å². The molecule has 2 unspecified atom stereocenters. The number of nitrogens with two attached hydrogens (primary N) is 1. The molecule has 0 amide bonds. The van der Waals surface area contributed by atoms with Crippen LogP contribution in [0.25, 0.3) is 10.4 Å². The summed E-state index contributed by atoms with van der Waals surface area (Å²) in [6.45, 7) is 0.0149. The van der Waals surface area contributed by atoms with Crippen molar-refractivity contribution < 1.29 is 19.7 Å². The van der Waals surface area contributed by atoms with Gasteiger partial charge < -0.3 is 20.7 Å². The number of aliphatic hydroxyl groups is 2. The van der Waals surface area contributed by atoms with E-state index in [0.717, 1.165) is 13.3 Å². The number of aromatic nitrogens is 2. The van der Waals surface area contributed by atoms with E-state index in [1.807, 2.05) is 0 Å². The van der Waals surface area contributed by atoms with Gasteiger partial charge in [-0.3, -0.25) is 0 Å². The molecular weight excluding hydrogens is 268 g/mol. The first-order valence-electron chi connectivity index (χ1n) is 5.59. The molecule has 0 spiro atoms. The van der Waals surface area contributed by atoms with Gasteiger partial charge in [-0.15, -0.1) is 0 Å². The molecule has 4 N–H and O–H groups in total. The maximum Gasteiger partial charge on any atom is 0.360 e. The fourth-order valence-electron chi connectivity index (χ4n) is 1.39. The van der Waals surface area contributed by atoms with Crippen molar-refractivity contribution in [3.05, 3.63) is 28.0 Å². The number of azide groups is 1. The standard InChI is InChI=1S/C10H14N6O4/c1-20-10(19)7-9(11)13-4-5(15-7)8(18)6(17)2-3-14-16-12/h4,6,8,17-18H,2-3H2,1H3,(H2,11,13). The van der Waals surface area contributed by atoms with Crippen molar-refractivity contribution in [3.8, 4) is 0 Å². The molecule has 0 aliphatic heterocycles. The second kappa shape index (κ2) is 7.24. The van der Waals surface area contributed by atoms with Gasteiger partial charge in [0, 0.05) is 11.5 Å². The SMILES string of the molecule is COC(=O)c1nc(C(O)C(O)CCN=[N+]=[N-])cnc1N. The van der Waals surface area contributed by atoms with Crippen molar-refractivity contribution >= 4 is 11.8 Å². The highest BCUT2D eigenvalue weighted by Gasteiger charge is 2.22. The Morgan fingerprint density at radius 3 is 2.95 bits per heavy atom. The van der Waals surface area contributed by atoms with Crippen molar-refractivity contribution in [2.24, 2.45) is 5.11 Å². The van der Waals surface area contributed by atoms with Crippen LogP contribution in [0.3, 0.4) is 0 Å². The van der Waals surface area contributed by atoms with E-state index in [4.69, 9.17) is 11.3 Å². The quantitative estimate of drug-likeness (QED) is 0.284. The van der Waals surface area contributed by atoms with Crippen molar-refractivity contribution in [2.45, 2.75) is 18.6 Å². The first-order chi connectivity index (χ1) is 9.51. The summed E-state index contributed by atoms with van der Waals surface area (Å²) in [6, 6.07) is 0. The lowest BCUT2D eigenvalue weighted by Gasteiger charge is -2.16. The number of carbonyl (C=O) groups is 1. The first-order valence-corrected chi connectivity index (χ1v) is 5.59. The number of esters is 1.